The van der Waals surface area contributed by atoms with Crippen molar-refractivity contribution in [2.24, 2.45) is 0 Å². The number of hydrogen-bond donors (Lipinski definition) is 2. The van der Waals surface area contributed by atoms with Crippen molar-refractivity contribution in [2.45, 2.75) is 24.3 Å². The summed E-state index contributed by atoms with van der Waals surface area (Å²) in [6.07, 6.45) is 1.63. The molecule has 1 aromatic rings. The smallest absolute Gasteiger partial charge is 0.242 e. The Balaban J connectivity index is 2.74. The third-order valence-electron chi connectivity index (χ3n) is 2.88. The maximum Gasteiger partial charge on any atom is 0.242 e. The van der Waals surface area contributed by atoms with Crippen LogP contribution in [0.3, 0.4) is 0 Å². The maximum atomic E-state index is 12.2. The lowest BCUT2D eigenvalue weighted by molar-refractivity contribution is 0.281. The fraction of sp³-hybridized carbons (Fsp3) is 0.538. The third kappa shape index (κ3) is 5.73. The Morgan fingerprint density at radius 2 is 1.86 bits per heavy atom. The van der Waals surface area contributed by atoms with Crippen molar-refractivity contribution in [1.82, 2.24) is 9.62 Å². The van der Waals surface area contributed by atoms with Crippen molar-refractivity contribution >= 4 is 33.2 Å². The van der Waals surface area contributed by atoms with Crippen LogP contribution in [0.4, 0.5) is 0 Å². The number of sulfonamides is 1. The molecule has 0 fully saturated rings. The molecule has 0 aromatic heterocycles. The molecule has 0 radical (unpaired) electrons. The number of nitrogens with zero attached hydrogens (tertiary/aromatic N) is 1. The summed E-state index contributed by atoms with van der Waals surface area (Å²) < 4.78 is 26.9. The zero-order valence-corrected chi connectivity index (χ0v) is 14.4. The topological polar surface area (TPSA) is 69.6 Å². The lowest BCUT2D eigenvalue weighted by Gasteiger charge is -2.12. The Hall–Kier alpha value is -0.370. The Labute approximate surface area is 135 Å². The molecule has 21 heavy (non-hydrogen) atoms. The Morgan fingerprint density at radius 3 is 2.43 bits per heavy atom. The summed E-state index contributed by atoms with van der Waals surface area (Å²) in [5.74, 6) is 0. The van der Waals surface area contributed by atoms with Crippen molar-refractivity contribution in [1.29, 1.82) is 0 Å². The van der Waals surface area contributed by atoms with Crippen LogP contribution in [0.25, 0.3) is 0 Å². The Bertz CT molecular complexity index is 577. The first-order valence-corrected chi connectivity index (χ1v) is 8.75. The SMILES string of the molecule is CN(C)CCCCNS(=O)(=O)c1cc(CO)c(Cl)cc1Cl. The fourth-order valence-corrected chi connectivity index (χ4v) is 3.66. The van der Waals surface area contributed by atoms with Gasteiger partial charge in [-0.1, -0.05) is 23.2 Å². The lowest BCUT2D eigenvalue weighted by Crippen LogP contribution is -2.26. The highest BCUT2D eigenvalue weighted by atomic mass is 35.5. The van der Waals surface area contributed by atoms with E-state index in [0.29, 0.717) is 12.1 Å². The summed E-state index contributed by atoms with van der Waals surface area (Å²) in [5.41, 5.74) is 0.328. The Kier molecular flexibility index (Phi) is 7.39. The normalized spacial score (nSPS) is 12.1. The van der Waals surface area contributed by atoms with E-state index in [1.54, 1.807) is 0 Å². The first-order chi connectivity index (χ1) is 9.77. The number of aliphatic hydroxyl groups excluding tert-OH is 1. The average molecular weight is 355 g/mol. The fourth-order valence-electron chi connectivity index (χ4n) is 1.74. The molecule has 0 unspecified atom stereocenters. The van der Waals surface area contributed by atoms with Gasteiger partial charge in [0, 0.05) is 11.6 Å². The van der Waals surface area contributed by atoms with Gasteiger partial charge >= 0.3 is 0 Å². The predicted octanol–water partition coefficient (Wildman–Crippen LogP) is 2.11. The molecular formula is C13H20Cl2N2O3S. The van der Waals surface area contributed by atoms with Crippen molar-refractivity contribution in [3.63, 3.8) is 0 Å². The second-order valence-electron chi connectivity index (χ2n) is 4.94. The Morgan fingerprint density at radius 1 is 1.19 bits per heavy atom. The van der Waals surface area contributed by atoms with Crippen LogP contribution in [-0.2, 0) is 16.6 Å². The zero-order chi connectivity index (χ0) is 16.0. The molecule has 0 atom stereocenters. The van der Waals surface area contributed by atoms with Gasteiger partial charge in [-0.05, 0) is 51.2 Å². The number of hydrogen-bond acceptors (Lipinski definition) is 4. The van der Waals surface area contributed by atoms with E-state index < -0.39 is 10.0 Å². The zero-order valence-electron chi connectivity index (χ0n) is 12.1. The molecule has 8 heteroatoms. The van der Waals surface area contributed by atoms with Gasteiger partial charge in [-0.15, -0.1) is 0 Å². The van der Waals surface area contributed by atoms with E-state index in [2.05, 4.69) is 4.72 Å². The van der Waals surface area contributed by atoms with Crippen LogP contribution >= 0.6 is 23.2 Å². The molecule has 5 nitrogen and oxygen atoms in total. The number of rotatable bonds is 8. The number of aliphatic hydroxyl groups is 1. The molecule has 0 spiro atoms. The molecule has 1 rings (SSSR count). The van der Waals surface area contributed by atoms with Crippen LogP contribution < -0.4 is 4.72 Å². The van der Waals surface area contributed by atoms with Crippen LogP contribution in [0.5, 0.6) is 0 Å². The maximum absolute atomic E-state index is 12.2. The summed E-state index contributed by atoms with van der Waals surface area (Å²) in [4.78, 5) is 1.98. The van der Waals surface area contributed by atoms with Gasteiger partial charge < -0.3 is 10.0 Å². The molecule has 0 heterocycles. The van der Waals surface area contributed by atoms with Crippen LogP contribution in [0.1, 0.15) is 18.4 Å². The molecule has 1 aromatic carbocycles. The van der Waals surface area contributed by atoms with Crippen molar-refractivity contribution in [3.8, 4) is 0 Å². The van der Waals surface area contributed by atoms with Gasteiger partial charge in [-0.25, -0.2) is 13.1 Å². The minimum atomic E-state index is -3.71. The van der Waals surface area contributed by atoms with Crippen LogP contribution in [0.15, 0.2) is 17.0 Å². The third-order valence-corrected chi connectivity index (χ3v) is 5.16. The molecule has 0 bridgehead atoms. The van der Waals surface area contributed by atoms with Crippen molar-refractivity contribution < 1.29 is 13.5 Å². The molecule has 2 N–H and O–H groups in total. The van der Waals surface area contributed by atoms with Gasteiger partial charge in [0.2, 0.25) is 10.0 Å². The van der Waals surface area contributed by atoms with Gasteiger partial charge in [0.25, 0.3) is 0 Å². The summed E-state index contributed by atoms with van der Waals surface area (Å²) in [7, 11) is 0.226. The van der Waals surface area contributed by atoms with Crippen molar-refractivity contribution in [3.05, 3.63) is 27.7 Å². The highest BCUT2D eigenvalue weighted by Gasteiger charge is 2.19. The minimum absolute atomic E-state index is 0.0398. The van der Waals surface area contributed by atoms with Gasteiger partial charge in [0.15, 0.2) is 0 Å². The lowest BCUT2D eigenvalue weighted by atomic mass is 10.2. The molecule has 0 saturated carbocycles. The highest BCUT2D eigenvalue weighted by molar-refractivity contribution is 7.89. The van der Waals surface area contributed by atoms with E-state index in [4.69, 9.17) is 28.3 Å². The molecule has 0 amide bonds. The molecule has 0 aliphatic heterocycles. The molecule has 0 aliphatic carbocycles. The second-order valence-corrected chi connectivity index (χ2v) is 7.49. The average Bonchev–Trinajstić information content (AvgIpc) is 2.37. The van der Waals surface area contributed by atoms with Gasteiger partial charge in [-0.3, -0.25) is 0 Å². The summed E-state index contributed by atoms with van der Waals surface area (Å²) >= 11 is 11.8. The number of halogens is 2. The molecule has 0 saturated heterocycles. The molecular weight excluding hydrogens is 335 g/mol. The molecule has 0 aliphatic rings. The van der Waals surface area contributed by atoms with Gasteiger partial charge in [0.05, 0.1) is 11.6 Å². The highest BCUT2D eigenvalue weighted by Crippen LogP contribution is 2.28. The summed E-state index contributed by atoms with van der Waals surface area (Å²) in [5, 5.41) is 9.43. The van der Waals surface area contributed by atoms with E-state index in [0.717, 1.165) is 19.4 Å². The molecule has 120 valence electrons. The first kappa shape index (κ1) is 18.7. The second kappa shape index (κ2) is 8.31. The monoisotopic (exact) mass is 354 g/mol. The van der Waals surface area contributed by atoms with E-state index in [1.165, 1.54) is 12.1 Å². The van der Waals surface area contributed by atoms with Crippen LogP contribution in [0.2, 0.25) is 10.0 Å². The number of unbranched alkanes of at least 4 members (excludes halogenated alkanes) is 1. The van der Waals surface area contributed by atoms with Crippen LogP contribution in [-0.4, -0.2) is 45.6 Å². The van der Waals surface area contributed by atoms with E-state index >= 15 is 0 Å². The summed E-state index contributed by atoms with van der Waals surface area (Å²) in [6, 6.07) is 2.63. The van der Waals surface area contributed by atoms with Gasteiger partial charge in [-0.2, -0.15) is 0 Å². The van der Waals surface area contributed by atoms with Crippen molar-refractivity contribution in [2.75, 3.05) is 27.2 Å². The minimum Gasteiger partial charge on any atom is -0.392 e. The van der Waals surface area contributed by atoms with E-state index in [-0.39, 0.29) is 21.5 Å². The largest absolute Gasteiger partial charge is 0.392 e. The van der Waals surface area contributed by atoms with Crippen LogP contribution in [0, 0.1) is 0 Å². The summed E-state index contributed by atoms with van der Waals surface area (Å²) in [6.45, 7) is 0.892. The number of benzene rings is 1. The van der Waals surface area contributed by atoms with E-state index in [1.807, 2.05) is 19.0 Å². The van der Waals surface area contributed by atoms with Gasteiger partial charge in [0.1, 0.15) is 4.90 Å². The number of nitrogens with one attached hydrogen (secondary N) is 1. The first-order valence-electron chi connectivity index (χ1n) is 6.51. The predicted molar refractivity (Wildman–Crippen MR) is 85.4 cm³/mol. The standard InChI is InChI=1S/C13H20Cl2N2O3S/c1-17(2)6-4-3-5-16-21(19,20)13-7-10(9-18)11(14)8-12(13)15/h7-8,16,18H,3-6,9H2,1-2H3. The quantitative estimate of drug-likeness (QED) is 0.701. The van der Waals surface area contributed by atoms with E-state index in [9.17, 15) is 8.42 Å².